The number of nitrogens with one attached hydrogen (secondary N) is 1. The molecule has 3 fully saturated rings. The Hall–Kier alpha value is -2.21. The maximum atomic E-state index is 12.5. The molecule has 0 aromatic heterocycles. The van der Waals surface area contributed by atoms with Gasteiger partial charge in [-0.2, -0.15) is 0 Å². The zero-order valence-corrected chi connectivity index (χ0v) is 16.3. The van der Waals surface area contributed by atoms with Crippen LogP contribution in [0.25, 0.3) is 0 Å². The third-order valence-corrected chi connectivity index (χ3v) is 6.44. The van der Waals surface area contributed by atoms with Gasteiger partial charge in [-0.05, 0) is 31.2 Å². The largest absolute Gasteiger partial charge is 0.352 e. The Morgan fingerprint density at radius 2 is 1.54 bits per heavy atom. The molecule has 0 spiro atoms. The Morgan fingerprint density at radius 1 is 0.929 bits per heavy atom. The highest BCUT2D eigenvalue weighted by atomic mass is 16.2. The average molecular weight is 383 g/mol. The lowest BCUT2D eigenvalue weighted by molar-refractivity contribution is -0.143. The molecule has 6 heteroatoms. The van der Waals surface area contributed by atoms with Gasteiger partial charge in [0.05, 0.1) is 11.8 Å². The fourth-order valence-corrected chi connectivity index (χ4v) is 4.88. The summed E-state index contributed by atoms with van der Waals surface area (Å²) in [5.41, 5.74) is 1.30. The van der Waals surface area contributed by atoms with Gasteiger partial charge in [0.25, 0.3) is 0 Å². The van der Waals surface area contributed by atoms with Crippen LogP contribution in [0, 0.1) is 11.8 Å². The second kappa shape index (κ2) is 8.43. The van der Waals surface area contributed by atoms with Crippen molar-refractivity contribution in [2.45, 2.75) is 51.1 Å². The number of benzene rings is 1. The normalized spacial score (nSPS) is 26.4. The van der Waals surface area contributed by atoms with Gasteiger partial charge in [0.15, 0.2) is 0 Å². The van der Waals surface area contributed by atoms with Crippen molar-refractivity contribution in [3.05, 3.63) is 35.9 Å². The maximum absolute atomic E-state index is 12.5. The van der Waals surface area contributed by atoms with Crippen LogP contribution in [0.3, 0.4) is 0 Å². The number of likely N-dealkylation sites (tertiary alicyclic amines) is 2. The summed E-state index contributed by atoms with van der Waals surface area (Å²) < 4.78 is 0. The van der Waals surface area contributed by atoms with Crippen molar-refractivity contribution in [2.75, 3.05) is 19.6 Å². The first-order valence-electron chi connectivity index (χ1n) is 10.5. The Morgan fingerprint density at radius 3 is 2.14 bits per heavy atom. The quantitative estimate of drug-likeness (QED) is 0.789. The zero-order valence-electron chi connectivity index (χ0n) is 16.3. The van der Waals surface area contributed by atoms with Gasteiger partial charge in [-0.25, -0.2) is 0 Å². The molecule has 2 heterocycles. The van der Waals surface area contributed by atoms with Crippen LogP contribution < -0.4 is 5.32 Å². The minimum absolute atomic E-state index is 0.116. The molecular formula is C22H29N3O3. The molecular weight excluding hydrogens is 354 g/mol. The standard InChI is InChI=1S/C22H29N3O3/c26-20(15-25-21(27)18-8-4-5-9-19(18)22(25)28)23-17-10-12-24(13-11-17)14-16-6-2-1-3-7-16/h1-3,6-7,17-19H,4-5,8-15H2,(H,23,26)/t18-,19+. The Labute approximate surface area is 166 Å². The van der Waals surface area contributed by atoms with Gasteiger partial charge in [0.2, 0.25) is 17.7 Å². The van der Waals surface area contributed by atoms with Gasteiger partial charge < -0.3 is 5.32 Å². The summed E-state index contributed by atoms with van der Waals surface area (Å²) in [7, 11) is 0. The smallest absolute Gasteiger partial charge is 0.240 e. The van der Waals surface area contributed by atoms with E-state index in [9.17, 15) is 14.4 Å². The molecule has 3 amide bonds. The number of hydrogen-bond donors (Lipinski definition) is 1. The first-order chi connectivity index (χ1) is 13.6. The first kappa shape index (κ1) is 19.1. The molecule has 150 valence electrons. The van der Waals surface area contributed by atoms with Gasteiger partial charge in [0.1, 0.15) is 6.54 Å². The minimum atomic E-state index is -0.207. The number of amides is 3. The number of rotatable bonds is 5. The van der Waals surface area contributed by atoms with Crippen molar-refractivity contribution in [2.24, 2.45) is 11.8 Å². The van der Waals surface area contributed by atoms with E-state index in [4.69, 9.17) is 0 Å². The molecule has 1 aromatic carbocycles. The zero-order chi connectivity index (χ0) is 19.5. The number of carbonyl (C=O) groups excluding carboxylic acids is 3. The summed E-state index contributed by atoms with van der Waals surface area (Å²) in [5.74, 6) is -0.850. The number of nitrogens with zero attached hydrogens (tertiary/aromatic N) is 2. The first-order valence-corrected chi connectivity index (χ1v) is 10.5. The summed E-state index contributed by atoms with van der Waals surface area (Å²) in [6.07, 6.45) is 5.36. The highest BCUT2D eigenvalue weighted by Crippen LogP contribution is 2.37. The lowest BCUT2D eigenvalue weighted by atomic mass is 9.81. The van der Waals surface area contributed by atoms with Gasteiger partial charge in [0, 0.05) is 25.7 Å². The average Bonchev–Trinajstić information content (AvgIpc) is 2.95. The summed E-state index contributed by atoms with van der Waals surface area (Å²) in [6.45, 7) is 2.69. The van der Waals surface area contributed by atoms with Crippen LogP contribution in [-0.4, -0.2) is 53.2 Å². The van der Waals surface area contributed by atoms with Crippen molar-refractivity contribution in [1.82, 2.24) is 15.1 Å². The highest BCUT2D eigenvalue weighted by Gasteiger charge is 2.48. The number of piperidine rings is 1. The Kier molecular flexibility index (Phi) is 5.76. The Bertz CT molecular complexity index is 704. The van der Waals surface area contributed by atoms with Crippen molar-refractivity contribution in [3.8, 4) is 0 Å². The van der Waals surface area contributed by atoms with Crippen molar-refractivity contribution >= 4 is 17.7 Å². The molecule has 0 unspecified atom stereocenters. The molecule has 2 aliphatic heterocycles. The van der Waals surface area contributed by atoms with Crippen LogP contribution in [0.1, 0.15) is 44.1 Å². The predicted octanol–water partition coefficient (Wildman–Crippen LogP) is 1.94. The van der Waals surface area contributed by atoms with E-state index in [0.717, 1.165) is 58.2 Å². The van der Waals surface area contributed by atoms with Crippen LogP contribution in [0.4, 0.5) is 0 Å². The molecule has 6 nitrogen and oxygen atoms in total. The molecule has 2 saturated heterocycles. The van der Waals surface area contributed by atoms with E-state index in [-0.39, 0.29) is 42.1 Å². The Balaban J connectivity index is 1.24. The van der Waals surface area contributed by atoms with Crippen LogP contribution >= 0.6 is 0 Å². The van der Waals surface area contributed by atoms with E-state index >= 15 is 0 Å². The number of imide groups is 1. The van der Waals surface area contributed by atoms with Gasteiger partial charge in [-0.1, -0.05) is 43.2 Å². The van der Waals surface area contributed by atoms with E-state index < -0.39 is 0 Å². The van der Waals surface area contributed by atoms with E-state index in [1.807, 2.05) is 6.07 Å². The number of carbonyl (C=O) groups is 3. The third-order valence-electron chi connectivity index (χ3n) is 6.44. The van der Waals surface area contributed by atoms with E-state index in [2.05, 4.69) is 34.5 Å². The molecule has 1 N–H and O–H groups in total. The summed E-state index contributed by atoms with van der Waals surface area (Å²) in [4.78, 5) is 41.1. The second-order valence-corrected chi connectivity index (χ2v) is 8.36. The minimum Gasteiger partial charge on any atom is -0.352 e. The van der Waals surface area contributed by atoms with Crippen molar-refractivity contribution in [1.29, 1.82) is 0 Å². The van der Waals surface area contributed by atoms with Crippen LogP contribution in [0.2, 0.25) is 0 Å². The topological polar surface area (TPSA) is 69.7 Å². The molecule has 3 aliphatic rings. The molecule has 28 heavy (non-hydrogen) atoms. The molecule has 1 saturated carbocycles. The second-order valence-electron chi connectivity index (χ2n) is 8.36. The third kappa shape index (κ3) is 4.12. The van der Waals surface area contributed by atoms with Crippen LogP contribution in [0.5, 0.6) is 0 Å². The van der Waals surface area contributed by atoms with Crippen LogP contribution in [0.15, 0.2) is 30.3 Å². The molecule has 4 rings (SSSR count). The summed E-state index contributed by atoms with van der Waals surface area (Å²) in [6, 6.07) is 10.5. The van der Waals surface area contributed by atoms with E-state index in [0.29, 0.717) is 0 Å². The van der Waals surface area contributed by atoms with Gasteiger partial charge in [-0.15, -0.1) is 0 Å². The van der Waals surface area contributed by atoms with Crippen molar-refractivity contribution in [3.63, 3.8) is 0 Å². The fraction of sp³-hybridized carbons (Fsp3) is 0.591. The monoisotopic (exact) mass is 383 g/mol. The fourth-order valence-electron chi connectivity index (χ4n) is 4.88. The molecule has 1 aromatic rings. The number of fused-ring (bicyclic) bond motifs is 1. The highest BCUT2D eigenvalue weighted by molar-refractivity contribution is 6.07. The lowest BCUT2D eigenvalue weighted by Crippen LogP contribution is -2.48. The SMILES string of the molecule is O=C(CN1C(=O)[C@H]2CCCC[C@H]2C1=O)NC1CCN(Cc2ccccc2)CC1. The van der Waals surface area contributed by atoms with E-state index in [1.54, 1.807) is 0 Å². The number of hydrogen-bond acceptors (Lipinski definition) is 4. The maximum Gasteiger partial charge on any atom is 0.240 e. The molecule has 2 atom stereocenters. The van der Waals surface area contributed by atoms with Crippen molar-refractivity contribution < 1.29 is 14.4 Å². The van der Waals surface area contributed by atoms with E-state index in [1.165, 1.54) is 10.5 Å². The van der Waals surface area contributed by atoms with Crippen LogP contribution in [-0.2, 0) is 20.9 Å². The summed E-state index contributed by atoms with van der Waals surface area (Å²) >= 11 is 0. The summed E-state index contributed by atoms with van der Waals surface area (Å²) in [5, 5.41) is 3.04. The molecule has 0 radical (unpaired) electrons. The van der Waals surface area contributed by atoms with Gasteiger partial charge >= 0.3 is 0 Å². The lowest BCUT2D eigenvalue weighted by Gasteiger charge is -2.32. The molecule has 0 bridgehead atoms. The predicted molar refractivity (Wildman–Crippen MR) is 105 cm³/mol. The van der Waals surface area contributed by atoms with Gasteiger partial charge in [-0.3, -0.25) is 24.2 Å². The molecule has 1 aliphatic carbocycles.